The van der Waals surface area contributed by atoms with E-state index >= 15 is 0 Å². The number of nitrogens with zero attached hydrogens (tertiary/aromatic N) is 2. The molecule has 3 atom stereocenters. The number of amidine groups is 1. The van der Waals surface area contributed by atoms with E-state index in [9.17, 15) is 4.79 Å². The van der Waals surface area contributed by atoms with Crippen LogP contribution >= 0.6 is 0 Å². The van der Waals surface area contributed by atoms with Crippen molar-refractivity contribution in [3.8, 4) is 5.75 Å². The van der Waals surface area contributed by atoms with Gasteiger partial charge in [0.25, 0.3) is 5.91 Å². The number of piperidine rings is 1. The van der Waals surface area contributed by atoms with Crippen LogP contribution in [0.5, 0.6) is 5.75 Å². The highest BCUT2D eigenvalue weighted by Crippen LogP contribution is 2.41. The second-order valence-electron chi connectivity index (χ2n) is 10.9. The summed E-state index contributed by atoms with van der Waals surface area (Å²) in [4.78, 5) is 18.4. The minimum Gasteiger partial charge on any atom is -0.474 e. The van der Waals surface area contributed by atoms with Crippen molar-refractivity contribution < 1.29 is 9.53 Å². The molecular formula is C31H45N5O2. The summed E-state index contributed by atoms with van der Waals surface area (Å²) in [6.45, 7) is 9.57. The molecule has 0 aromatic heterocycles. The number of unbranched alkanes of at least 4 members (excludes halogenated alkanes) is 3. The van der Waals surface area contributed by atoms with E-state index in [-0.39, 0.29) is 11.7 Å². The van der Waals surface area contributed by atoms with Crippen molar-refractivity contribution in [2.24, 2.45) is 5.73 Å². The first kappa shape index (κ1) is 28.0. The molecule has 0 bridgehead atoms. The lowest BCUT2D eigenvalue weighted by atomic mass is 9.97. The number of nitrogens with two attached hydrogens (primary N) is 1. The number of hydrogen-bond donors (Lipinski definition) is 3. The van der Waals surface area contributed by atoms with E-state index in [1.807, 2.05) is 35.2 Å². The molecular weight excluding hydrogens is 474 g/mol. The number of nitrogen functional groups attached to an aromatic ring is 1. The Morgan fingerprint density at radius 1 is 1.05 bits per heavy atom. The highest BCUT2D eigenvalue weighted by Gasteiger charge is 2.35. The van der Waals surface area contributed by atoms with Crippen LogP contribution in [-0.4, -0.2) is 48.4 Å². The summed E-state index contributed by atoms with van der Waals surface area (Å²) >= 11 is 0. The third-order valence-electron chi connectivity index (χ3n) is 8.02. The molecule has 2 aromatic rings. The van der Waals surface area contributed by atoms with Crippen LogP contribution in [0.2, 0.25) is 0 Å². The number of fused-ring (bicyclic) bond motifs is 1. The molecule has 0 saturated carbocycles. The highest BCUT2D eigenvalue weighted by atomic mass is 16.5. The third kappa shape index (κ3) is 6.68. The first-order chi connectivity index (χ1) is 18.4. The van der Waals surface area contributed by atoms with Crippen molar-refractivity contribution >= 4 is 23.1 Å². The Labute approximate surface area is 228 Å². The highest BCUT2D eigenvalue weighted by molar-refractivity contribution is 6.01. The average molecular weight is 520 g/mol. The zero-order valence-corrected chi connectivity index (χ0v) is 23.3. The van der Waals surface area contributed by atoms with E-state index in [0.29, 0.717) is 29.9 Å². The van der Waals surface area contributed by atoms with E-state index in [2.05, 4.69) is 31.0 Å². The van der Waals surface area contributed by atoms with E-state index in [0.717, 1.165) is 62.1 Å². The molecule has 38 heavy (non-hydrogen) atoms. The summed E-state index contributed by atoms with van der Waals surface area (Å²) in [5, 5.41) is 11.3. The van der Waals surface area contributed by atoms with Gasteiger partial charge in [0, 0.05) is 42.0 Å². The van der Waals surface area contributed by atoms with Crippen LogP contribution in [0.25, 0.3) is 0 Å². The lowest BCUT2D eigenvalue weighted by molar-refractivity contribution is -0.126. The molecule has 2 heterocycles. The molecule has 1 saturated heterocycles. The molecule has 0 aliphatic carbocycles. The first-order valence-corrected chi connectivity index (χ1v) is 14.4. The van der Waals surface area contributed by atoms with Gasteiger partial charge in [-0.25, -0.2) is 0 Å². The number of nitrogens with one attached hydrogen (secondary N) is 2. The molecule has 1 amide bonds. The van der Waals surface area contributed by atoms with Crippen LogP contribution in [-0.2, 0) is 4.79 Å². The number of likely N-dealkylation sites (tertiary alicyclic amines) is 1. The number of amides is 1. The van der Waals surface area contributed by atoms with Gasteiger partial charge in [-0.05, 0) is 76.8 Å². The molecule has 2 aliphatic rings. The average Bonchev–Trinajstić information content (AvgIpc) is 2.91. The maximum Gasteiger partial charge on any atom is 0.272 e. The smallest absolute Gasteiger partial charge is 0.272 e. The summed E-state index contributed by atoms with van der Waals surface area (Å²) in [6, 6.07) is 14.6. The van der Waals surface area contributed by atoms with Gasteiger partial charge in [-0.1, -0.05) is 44.4 Å². The fraction of sp³-hybridized carbons (Fsp3) is 0.548. The van der Waals surface area contributed by atoms with Crippen LogP contribution in [0, 0.1) is 5.41 Å². The number of carbonyl (C=O) groups excluding carboxylic acids is 1. The molecule has 7 nitrogen and oxygen atoms in total. The molecule has 1 unspecified atom stereocenters. The maximum atomic E-state index is 13.8. The minimum absolute atomic E-state index is 0.0208. The number of carbonyl (C=O) groups is 1. The largest absolute Gasteiger partial charge is 0.474 e. The Balaban J connectivity index is 1.48. The quantitative estimate of drug-likeness (QED) is 0.179. The van der Waals surface area contributed by atoms with Gasteiger partial charge >= 0.3 is 0 Å². The Morgan fingerprint density at radius 2 is 1.82 bits per heavy atom. The Bertz CT molecular complexity index is 1090. The van der Waals surface area contributed by atoms with Crippen LogP contribution < -0.4 is 20.7 Å². The van der Waals surface area contributed by atoms with Gasteiger partial charge in [-0.3, -0.25) is 15.1 Å². The van der Waals surface area contributed by atoms with E-state index < -0.39 is 6.10 Å². The van der Waals surface area contributed by atoms with Crippen molar-refractivity contribution in [2.75, 3.05) is 29.9 Å². The second kappa shape index (κ2) is 13.1. The first-order valence-electron chi connectivity index (χ1n) is 14.4. The molecule has 4 N–H and O–H groups in total. The number of benzene rings is 2. The number of rotatable bonds is 12. The zero-order valence-electron chi connectivity index (χ0n) is 23.3. The molecule has 4 rings (SSSR count). The van der Waals surface area contributed by atoms with Crippen LogP contribution in [0.1, 0.15) is 89.4 Å². The molecule has 0 spiro atoms. The Morgan fingerprint density at radius 3 is 2.55 bits per heavy atom. The van der Waals surface area contributed by atoms with Crippen molar-refractivity contribution in [3.63, 3.8) is 0 Å². The SMILES string of the molecule is CCCCNc1ccc2c(c1)N(CCCCCN1[C@H](C)CCC[C@@H]1C)C(=O)C(c1cccc(C(=N)N)c1)O2. The van der Waals surface area contributed by atoms with Crippen molar-refractivity contribution in [1.82, 2.24) is 4.90 Å². The number of hydrogen-bond acceptors (Lipinski definition) is 5. The predicted octanol–water partition coefficient (Wildman–Crippen LogP) is 6.08. The molecule has 0 radical (unpaired) electrons. The second-order valence-corrected chi connectivity index (χ2v) is 10.9. The van der Waals surface area contributed by atoms with E-state index in [1.54, 1.807) is 12.1 Å². The predicted molar refractivity (Wildman–Crippen MR) is 156 cm³/mol. The van der Waals surface area contributed by atoms with Crippen LogP contribution in [0.4, 0.5) is 11.4 Å². The summed E-state index contributed by atoms with van der Waals surface area (Å²) < 4.78 is 6.27. The zero-order chi connectivity index (χ0) is 27.1. The number of ether oxygens (including phenoxy) is 1. The van der Waals surface area contributed by atoms with Crippen LogP contribution in [0.3, 0.4) is 0 Å². The van der Waals surface area contributed by atoms with Crippen molar-refractivity contribution in [1.29, 1.82) is 5.41 Å². The molecule has 1 fully saturated rings. The monoisotopic (exact) mass is 519 g/mol. The fourth-order valence-electron chi connectivity index (χ4n) is 5.75. The van der Waals surface area contributed by atoms with E-state index in [1.165, 1.54) is 19.3 Å². The van der Waals surface area contributed by atoms with E-state index in [4.69, 9.17) is 15.9 Å². The summed E-state index contributed by atoms with van der Waals surface area (Å²) in [5.41, 5.74) is 8.86. The normalized spacial score (nSPS) is 21.6. The standard InChI is InChI=1S/C31H45N5O2/c1-4-5-17-34-26-15-16-28-27(21-26)36(19-8-6-7-18-35-22(2)11-9-12-23(35)3)31(37)29(38-28)24-13-10-14-25(20-24)30(32)33/h10,13-16,20-23,29,34H,4-9,11-12,17-19H2,1-3H3,(H3,32,33)/t22-,23+,29?. The number of anilines is 2. The summed E-state index contributed by atoms with van der Waals surface area (Å²) in [6.07, 6.45) is 8.56. The van der Waals surface area contributed by atoms with Crippen molar-refractivity contribution in [3.05, 3.63) is 53.6 Å². The van der Waals surface area contributed by atoms with Gasteiger partial charge in [0.1, 0.15) is 11.6 Å². The Hall–Kier alpha value is -3.06. The topological polar surface area (TPSA) is 94.7 Å². The Kier molecular flexibility index (Phi) is 9.67. The van der Waals surface area contributed by atoms with Crippen LogP contribution in [0.15, 0.2) is 42.5 Å². The van der Waals surface area contributed by atoms with Gasteiger partial charge in [-0.15, -0.1) is 0 Å². The van der Waals surface area contributed by atoms with Gasteiger partial charge in [-0.2, -0.15) is 0 Å². The van der Waals surface area contributed by atoms with Gasteiger partial charge < -0.3 is 20.7 Å². The summed E-state index contributed by atoms with van der Waals surface area (Å²) in [7, 11) is 0. The molecule has 7 heteroatoms. The molecule has 2 aromatic carbocycles. The molecule has 206 valence electrons. The lowest BCUT2D eigenvalue weighted by Gasteiger charge is -2.39. The maximum absolute atomic E-state index is 13.8. The summed E-state index contributed by atoms with van der Waals surface area (Å²) in [5.74, 6) is 0.620. The van der Waals surface area contributed by atoms with Crippen molar-refractivity contribution in [2.45, 2.75) is 90.3 Å². The fourth-order valence-corrected chi connectivity index (χ4v) is 5.75. The molecule has 2 aliphatic heterocycles. The van der Waals surface area contributed by atoms with Gasteiger partial charge in [0.05, 0.1) is 5.69 Å². The third-order valence-corrected chi connectivity index (χ3v) is 8.02. The van der Waals surface area contributed by atoms with Gasteiger partial charge in [0.2, 0.25) is 6.10 Å². The minimum atomic E-state index is -0.754. The lowest BCUT2D eigenvalue weighted by Crippen LogP contribution is -2.44. The van der Waals surface area contributed by atoms with Gasteiger partial charge in [0.15, 0.2) is 0 Å².